The highest BCUT2D eigenvalue weighted by Crippen LogP contribution is 2.22. The summed E-state index contributed by atoms with van der Waals surface area (Å²) in [5.41, 5.74) is 1.50. The van der Waals surface area contributed by atoms with Gasteiger partial charge < -0.3 is 14.8 Å². The molecule has 0 bridgehead atoms. The number of amides is 1. The van der Waals surface area contributed by atoms with Crippen LogP contribution in [0.3, 0.4) is 0 Å². The summed E-state index contributed by atoms with van der Waals surface area (Å²) in [6, 6.07) is 4.27. The molecular formula is C14H15FN2O3S. The second-order valence-electron chi connectivity index (χ2n) is 4.25. The number of carbonyl (C=O) groups excluding carboxylic acids is 1. The first-order valence-corrected chi connectivity index (χ1v) is 7.09. The molecule has 0 aliphatic carbocycles. The number of halogens is 1. The highest BCUT2D eigenvalue weighted by Gasteiger charge is 2.12. The molecule has 0 saturated heterocycles. The fourth-order valence-electron chi connectivity index (χ4n) is 1.64. The number of aryl methyl sites for hydroxylation is 1. The summed E-state index contributed by atoms with van der Waals surface area (Å²) < 4.78 is 27.9. The molecule has 2 rings (SSSR count). The number of aromatic nitrogens is 1. The van der Waals surface area contributed by atoms with E-state index in [0.717, 1.165) is 0 Å². The maximum Gasteiger partial charge on any atom is 0.258 e. The van der Waals surface area contributed by atoms with E-state index in [-0.39, 0.29) is 18.3 Å². The fourth-order valence-corrected chi connectivity index (χ4v) is 2.33. The normalized spacial score (nSPS) is 10.4. The molecular weight excluding hydrogens is 295 g/mol. The van der Waals surface area contributed by atoms with Crippen LogP contribution in [0.5, 0.6) is 5.75 Å². The average molecular weight is 310 g/mol. The second-order valence-corrected chi connectivity index (χ2v) is 4.88. The molecule has 112 valence electrons. The SMILES string of the molecule is COCCOc1ccc(NC(=O)c2csnc2C)cc1F. The molecule has 0 aliphatic heterocycles. The van der Waals surface area contributed by atoms with Crippen molar-refractivity contribution in [2.75, 3.05) is 25.6 Å². The first-order valence-electron chi connectivity index (χ1n) is 6.25. The van der Waals surface area contributed by atoms with E-state index in [9.17, 15) is 9.18 Å². The van der Waals surface area contributed by atoms with Crippen molar-refractivity contribution in [2.45, 2.75) is 6.92 Å². The molecule has 2 aromatic rings. The topological polar surface area (TPSA) is 60.5 Å². The van der Waals surface area contributed by atoms with E-state index in [1.54, 1.807) is 25.5 Å². The van der Waals surface area contributed by atoms with Gasteiger partial charge in [-0.1, -0.05) is 0 Å². The van der Waals surface area contributed by atoms with Crippen LogP contribution >= 0.6 is 11.5 Å². The number of carbonyl (C=O) groups is 1. The van der Waals surface area contributed by atoms with E-state index in [1.807, 2.05) is 0 Å². The van der Waals surface area contributed by atoms with Gasteiger partial charge in [0.25, 0.3) is 5.91 Å². The molecule has 0 saturated carbocycles. The third-order valence-electron chi connectivity index (χ3n) is 2.73. The van der Waals surface area contributed by atoms with Crippen LogP contribution < -0.4 is 10.1 Å². The highest BCUT2D eigenvalue weighted by molar-refractivity contribution is 7.04. The molecule has 1 amide bonds. The maximum atomic E-state index is 13.8. The van der Waals surface area contributed by atoms with Crippen molar-refractivity contribution < 1.29 is 18.7 Å². The van der Waals surface area contributed by atoms with Gasteiger partial charge in [-0.05, 0) is 30.6 Å². The molecule has 1 aromatic heterocycles. The number of ether oxygens (including phenoxy) is 2. The number of nitrogens with zero attached hydrogens (tertiary/aromatic N) is 1. The molecule has 0 atom stereocenters. The van der Waals surface area contributed by atoms with Crippen molar-refractivity contribution in [2.24, 2.45) is 0 Å². The van der Waals surface area contributed by atoms with Crippen LogP contribution in [0.4, 0.5) is 10.1 Å². The third-order valence-corrected chi connectivity index (χ3v) is 3.45. The van der Waals surface area contributed by atoms with Crippen LogP contribution in [-0.4, -0.2) is 30.6 Å². The number of benzene rings is 1. The summed E-state index contributed by atoms with van der Waals surface area (Å²) in [6.45, 7) is 2.39. The number of methoxy groups -OCH3 is 1. The fraction of sp³-hybridized carbons (Fsp3) is 0.286. The summed E-state index contributed by atoms with van der Waals surface area (Å²) in [6.07, 6.45) is 0. The smallest absolute Gasteiger partial charge is 0.258 e. The first-order chi connectivity index (χ1) is 10.1. The number of hydrogen-bond acceptors (Lipinski definition) is 5. The first kappa shape index (κ1) is 15.4. The van der Waals surface area contributed by atoms with E-state index >= 15 is 0 Å². The monoisotopic (exact) mass is 310 g/mol. The van der Waals surface area contributed by atoms with E-state index in [1.165, 1.54) is 23.7 Å². The Bertz CT molecular complexity index is 630. The lowest BCUT2D eigenvalue weighted by Gasteiger charge is -2.09. The van der Waals surface area contributed by atoms with Crippen molar-refractivity contribution in [3.05, 3.63) is 40.7 Å². The summed E-state index contributed by atoms with van der Waals surface area (Å²) in [5.74, 6) is -0.726. The van der Waals surface area contributed by atoms with Crippen LogP contribution in [0.15, 0.2) is 23.6 Å². The van der Waals surface area contributed by atoms with E-state index in [2.05, 4.69) is 9.69 Å². The summed E-state index contributed by atoms with van der Waals surface area (Å²) in [7, 11) is 1.54. The molecule has 0 unspecified atom stereocenters. The van der Waals surface area contributed by atoms with Crippen LogP contribution in [0, 0.1) is 12.7 Å². The average Bonchev–Trinajstić information content (AvgIpc) is 2.88. The number of rotatable bonds is 6. The maximum absolute atomic E-state index is 13.8. The summed E-state index contributed by atoms with van der Waals surface area (Å²) >= 11 is 1.21. The number of anilines is 1. The van der Waals surface area contributed by atoms with Gasteiger partial charge in [0.2, 0.25) is 0 Å². The van der Waals surface area contributed by atoms with Crippen molar-refractivity contribution >= 4 is 23.1 Å². The minimum atomic E-state index is -0.538. The Morgan fingerprint density at radius 1 is 1.43 bits per heavy atom. The zero-order valence-electron chi connectivity index (χ0n) is 11.7. The third kappa shape index (κ3) is 3.99. The lowest BCUT2D eigenvalue weighted by Crippen LogP contribution is -2.12. The van der Waals surface area contributed by atoms with Gasteiger partial charge in [0, 0.05) is 24.2 Å². The van der Waals surface area contributed by atoms with Gasteiger partial charge in [-0.3, -0.25) is 4.79 Å². The van der Waals surface area contributed by atoms with Crippen LogP contribution in [-0.2, 0) is 4.74 Å². The predicted octanol–water partition coefficient (Wildman–Crippen LogP) is 2.87. The molecule has 0 aliphatic rings. The molecule has 7 heteroatoms. The molecule has 5 nitrogen and oxygen atoms in total. The van der Waals surface area contributed by atoms with E-state index in [0.29, 0.717) is 23.6 Å². The van der Waals surface area contributed by atoms with E-state index < -0.39 is 5.82 Å². The minimum absolute atomic E-state index is 0.124. The second kappa shape index (κ2) is 7.14. The summed E-state index contributed by atoms with van der Waals surface area (Å²) in [4.78, 5) is 12.0. The van der Waals surface area contributed by atoms with Gasteiger partial charge in [-0.25, -0.2) is 4.39 Å². The number of hydrogen-bond donors (Lipinski definition) is 1. The van der Waals surface area contributed by atoms with Crippen molar-refractivity contribution in [3.8, 4) is 5.75 Å². The Kier molecular flexibility index (Phi) is 5.24. The van der Waals surface area contributed by atoms with Crippen molar-refractivity contribution in [3.63, 3.8) is 0 Å². The van der Waals surface area contributed by atoms with Crippen LogP contribution in [0.25, 0.3) is 0 Å². The van der Waals surface area contributed by atoms with Gasteiger partial charge in [-0.2, -0.15) is 4.37 Å². The molecule has 0 spiro atoms. The Morgan fingerprint density at radius 3 is 2.86 bits per heavy atom. The quantitative estimate of drug-likeness (QED) is 0.834. The molecule has 0 radical (unpaired) electrons. The summed E-state index contributed by atoms with van der Waals surface area (Å²) in [5, 5.41) is 4.28. The zero-order valence-corrected chi connectivity index (χ0v) is 12.5. The van der Waals surface area contributed by atoms with Crippen molar-refractivity contribution in [1.82, 2.24) is 4.37 Å². The Labute approximate surface area is 125 Å². The van der Waals surface area contributed by atoms with Gasteiger partial charge in [-0.15, -0.1) is 0 Å². The largest absolute Gasteiger partial charge is 0.488 e. The van der Waals surface area contributed by atoms with Gasteiger partial charge >= 0.3 is 0 Å². The molecule has 21 heavy (non-hydrogen) atoms. The Balaban J connectivity index is 2.03. The molecule has 1 heterocycles. The van der Waals surface area contributed by atoms with Gasteiger partial charge in [0.1, 0.15) is 6.61 Å². The van der Waals surface area contributed by atoms with Crippen LogP contribution in [0.2, 0.25) is 0 Å². The Hall–Kier alpha value is -1.99. The standard InChI is InChI=1S/C14H15FN2O3S/c1-9-11(8-21-17-9)14(18)16-10-3-4-13(12(15)7-10)20-6-5-19-2/h3-4,7-8H,5-6H2,1-2H3,(H,16,18). The Morgan fingerprint density at radius 2 is 2.24 bits per heavy atom. The molecule has 1 aromatic carbocycles. The van der Waals surface area contributed by atoms with Crippen molar-refractivity contribution in [1.29, 1.82) is 0 Å². The van der Waals surface area contributed by atoms with Crippen LogP contribution in [0.1, 0.15) is 16.1 Å². The molecule has 1 N–H and O–H groups in total. The minimum Gasteiger partial charge on any atom is -0.488 e. The lowest BCUT2D eigenvalue weighted by atomic mass is 10.2. The van der Waals surface area contributed by atoms with Gasteiger partial charge in [0.05, 0.1) is 17.9 Å². The lowest BCUT2D eigenvalue weighted by molar-refractivity contribution is 0.102. The zero-order chi connectivity index (χ0) is 15.2. The van der Waals surface area contributed by atoms with E-state index in [4.69, 9.17) is 9.47 Å². The number of nitrogens with one attached hydrogen (secondary N) is 1. The highest BCUT2D eigenvalue weighted by atomic mass is 32.1. The predicted molar refractivity (Wildman–Crippen MR) is 78.6 cm³/mol. The molecule has 0 fully saturated rings. The van der Waals surface area contributed by atoms with Gasteiger partial charge in [0.15, 0.2) is 11.6 Å².